The van der Waals surface area contributed by atoms with Gasteiger partial charge in [0.15, 0.2) is 11.5 Å². The van der Waals surface area contributed by atoms with Crippen LogP contribution in [0.5, 0.6) is 17.2 Å². The van der Waals surface area contributed by atoms with Crippen molar-refractivity contribution in [1.82, 2.24) is 0 Å². The van der Waals surface area contributed by atoms with Gasteiger partial charge < -0.3 is 20.3 Å². The molecule has 5 heteroatoms. The molecule has 0 atom stereocenters. The summed E-state index contributed by atoms with van der Waals surface area (Å²) in [5.41, 5.74) is 6.80. The van der Waals surface area contributed by atoms with Gasteiger partial charge in [-0.3, -0.25) is 0 Å². The van der Waals surface area contributed by atoms with Gasteiger partial charge in [-0.2, -0.15) is 0 Å². The number of aromatic hydroxyl groups is 1. The summed E-state index contributed by atoms with van der Waals surface area (Å²) in [7, 11) is 0. The molecule has 0 aromatic heterocycles. The Morgan fingerprint density at radius 2 is 2.00 bits per heavy atom. The molecule has 1 aliphatic carbocycles. The van der Waals surface area contributed by atoms with Crippen LogP contribution < -0.4 is 15.2 Å². The van der Waals surface area contributed by atoms with Crippen LogP contribution >= 0.6 is 15.9 Å². The van der Waals surface area contributed by atoms with Crippen LogP contribution in [-0.2, 0) is 5.41 Å². The summed E-state index contributed by atoms with van der Waals surface area (Å²) in [6, 6.07) is 1.90. The minimum absolute atomic E-state index is 0.133. The van der Waals surface area contributed by atoms with E-state index in [0.717, 1.165) is 31.2 Å². The summed E-state index contributed by atoms with van der Waals surface area (Å²) < 4.78 is 11.4. The molecule has 1 aromatic rings. The molecule has 0 bridgehead atoms. The molecule has 0 spiro atoms. The maximum absolute atomic E-state index is 10.5. The van der Waals surface area contributed by atoms with Crippen molar-refractivity contribution in [2.75, 3.05) is 13.3 Å². The van der Waals surface area contributed by atoms with Crippen molar-refractivity contribution in [3.63, 3.8) is 0 Å². The van der Waals surface area contributed by atoms with E-state index in [1.807, 2.05) is 6.07 Å². The van der Waals surface area contributed by atoms with E-state index in [2.05, 4.69) is 15.9 Å². The van der Waals surface area contributed by atoms with E-state index in [0.29, 0.717) is 22.5 Å². The monoisotopic (exact) mass is 327 g/mol. The third-order valence-electron chi connectivity index (χ3n) is 4.35. The molecule has 0 saturated heterocycles. The minimum atomic E-state index is -0.133. The second-order valence-corrected chi connectivity index (χ2v) is 6.16. The lowest BCUT2D eigenvalue weighted by atomic mass is 9.69. The van der Waals surface area contributed by atoms with Crippen LogP contribution in [0.3, 0.4) is 0 Å². The Morgan fingerprint density at radius 1 is 1.26 bits per heavy atom. The minimum Gasteiger partial charge on any atom is -0.506 e. The summed E-state index contributed by atoms with van der Waals surface area (Å²) in [4.78, 5) is 0. The fourth-order valence-electron chi connectivity index (χ4n) is 3.21. The third kappa shape index (κ3) is 1.99. The van der Waals surface area contributed by atoms with Crippen LogP contribution in [0.1, 0.15) is 37.7 Å². The first kappa shape index (κ1) is 13.1. The number of halogens is 1. The highest BCUT2D eigenvalue weighted by molar-refractivity contribution is 9.10. The zero-order chi connectivity index (χ0) is 13.5. The Hall–Kier alpha value is -0.940. The zero-order valence-electron chi connectivity index (χ0n) is 10.7. The van der Waals surface area contributed by atoms with Crippen molar-refractivity contribution in [1.29, 1.82) is 0 Å². The molecule has 104 valence electrons. The van der Waals surface area contributed by atoms with Gasteiger partial charge in [0.25, 0.3) is 0 Å². The number of nitrogens with two attached hydrogens (primary N) is 1. The van der Waals surface area contributed by atoms with Crippen molar-refractivity contribution in [3.05, 3.63) is 16.1 Å². The van der Waals surface area contributed by atoms with Crippen molar-refractivity contribution in [2.24, 2.45) is 5.73 Å². The van der Waals surface area contributed by atoms with Gasteiger partial charge in [-0.05, 0) is 34.8 Å². The van der Waals surface area contributed by atoms with Crippen LogP contribution in [0.15, 0.2) is 10.5 Å². The van der Waals surface area contributed by atoms with Gasteiger partial charge in [-0.25, -0.2) is 0 Å². The molecule has 0 amide bonds. The van der Waals surface area contributed by atoms with E-state index >= 15 is 0 Å². The average molecular weight is 328 g/mol. The predicted molar refractivity (Wildman–Crippen MR) is 75.7 cm³/mol. The summed E-state index contributed by atoms with van der Waals surface area (Å²) in [6.45, 7) is 0.749. The van der Waals surface area contributed by atoms with Crippen molar-refractivity contribution >= 4 is 15.9 Å². The molecule has 19 heavy (non-hydrogen) atoms. The Kier molecular flexibility index (Phi) is 3.35. The SMILES string of the molecule is NCC1(c2cc3c(c(Br)c2O)OCO3)CCCCC1. The van der Waals surface area contributed by atoms with Gasteiger partial charge in [0, 0.05) is 17.5 Å². The zero-order valence-corrected chi connectivity index (χ0v) is 12.3. The number of hydrogen-bond donors (Lipinski definition) is 2. The van der Waals surface area contributed by atoms with Crippen molar-refractivity contribution in [2.45, 2.75) is 37.5 Å². The van der Waals surface area contributed by atoms with E-state index in [-0.39, 0.29) is 18.0 Å². The highest BCUT2D eigenvalue weighted by Crippen LogP contribution is 2.52. The van der Waals surface area contributed by atoms with Gasteiger partial charge in [0.2, 0.25) is 6.79 Å². The highest BCUT2D eigenvalue weighted by atomic mass is 79.9. The molecule has 1 fully saturated rings. The molecule has 4 nitrogen and oxygen atoms in total. The molecule has 0 unspecified atom stereocenters. The smallest absolute Gasteiger partial charge is 0.231 e. The maximum atomic E-state index is 10.5. The van der Waals surface area contributed by atoms with Crippen molar-refractivity contribution in [3.8, 4) is 17.2 Å². The standard InChI is InChI=1S/C14H18BrNO3/c15-11-12(17)9(6-10-13(11)19-8-18-10)14(7-16)4-2-1-3-5-14/h6,17H,1-5,7-8,16H2. The molecule has 1 aromatic carbocycles. The Bertz CT molecular complexity index is 498. The lowest BCUT2D eigenvalue weighted by Gasteiger charge is -2.37. The topological polar surface area (TPSA) is 64.7 Å². The van der Waals surface area contributed by atoms with Crippen LogP contribution in [-0.4, -0.2) is 18.4 Å². The second-order valence-electron chi connectivity index (χ2n) is 5.37. The molecule has 3 N–H and O–H groups in total. The van der Waals surface area contributed by atoms with Gasteiger partial charge in [0.05, 0.1) is 0 Å². The normalized spacial score (nSPS) is 20.5. The third-order valence-corrected chi connectivity index (χ3v) is 5.09. The molecule has 3 rings (SSSR count). The van der Waals surface area contributed by atoms with E-state index in [1.54, 1.807) is 0 Å². The molecule has 0 radical (unpaired) electrons. The predicted octanol–water partition coefficient (Wildman–Crippen LogP) is 3.04. The first-order valence-corrected chi connectivity index (χ1v) is 7.49. The molecule has 1 saturated carbocycles. The molecular weight excluding hydrogens is 310 g/mol. The van der Waals surface area contributed by atoms with E-state index in [9.17, 15) is 5.11 Å². The summed E-state index contributed by atoms with van der Waals surface area (Å²) in [5, 5.41) is 10.5. The van der Waals surface area contributed by atoms with Crippen LogP contribution in [0.4, 0.5) is 0 Å². The molecular formula is C14H18BrNO3. The largest absolute Gasteiger partial charge is 0.506 e. The van der Waals surface area contributed by atoms with Crippen LogP contribution in [0, 0.1) is 0 Å². The lowest BCUT2D eigenvalue weighted by molar-refractivity contribution is 0.173. The maximum Gasteiger partial charge on any atom is 0.231 e. The number of phenols is 1. The number of phenolic OH excluding ortho intramolecular Hbond substituents is 1. The number of benzene rings is 1. The van der Waals surface area contributed by atoms with Gasteiger partial charge >= 0.3 is 0 Å². The van der Waals surface area contributed by atoms with E-state index < -0.39 is 0 Å². The first-order chi connectivity index (χ1) is 9.18. The summed E-state index contributed by atoms with van der Waals surface area (Å²) >= 11 is 3.41. The van der Waals surface area contributed by atoms with Crippen molar-refractivity contribution < 1.29 is 14.6 Å². The van der Waals surface area contributed by atoms with Gasteiger partial charge in [-0.1, -0.05) is 19.3 Å². The Morgan fingerprint density at radius 3 is 2.68 bits per heavy atom. The fraction of sp³-hybridized carbons (Fsp3) is 0.571. The van der Waals surface area contributed by atoms with Gasteiger partial charge in [-0.15, -0.1) is 0 Å². The summed E-state index contributed by atoms with van der Waals surface area (Å²) in [5.74, 6) is 1.53. The number of ether oxygens (including phenoxy) is 2. The number of fused-ring (bicyclic) bond motifs is 1. The van der Waals surface area contributed by atoms with Crippen LogP contribution in [0.25, 0.3) is 0 Å². The van der Waals surface area contributed by atoms with E-state index in [1.165, 1.54) is 6.42 Å². The van der Waals surface area contributed by atoms with Gasteiger partial charge in [0.1, 0.15) is 10.2 Å². The second kappa shape index (κ2) is 4.87. The van der Waals surface area contributed by atoms with E-state index in [4.69, 9.17) is 15.2 Å². The lowest BCUT2D eigenvalue weighted by Crippen LogP contribution is -2.37. The molecule has 1 aliphatic heterocycles. The molecule has 2 aliphatic rings. The number of hydrogen-bond acceptors (Lipinski definition) is 4. The summed E-state index contributed by atoms with van der Waals surface area (Å²) in [6.07, 6.45) is 5.59. The van der Waals surface area contributed by atoms with Crippen LogP contribution in [0.2, 0.25) is 0 Å². The quantitative estimate of drug-likeness (QED) is 0.876. The number of rotatable bonds is 2. The fourth-order valence-corrected chi connectivity index (χ4v) is 3.73. The molecule has 1 heterocycles. The average Bonchev–Trinajstić information content (AvgIpc) is 2.92. The highest BCUT2D eigenvalue weighted by Gasteiger charge is 2.37. The Labute approximate surface area is 121 Å². The Balaban J connectivity index is 2.11. The first-order valence-electron chi connectivity index (χ1n) is 6.69.